The molecule has 0 bridgehead atoms. The van der Waals surface area contributed by atoms with Gasteiger partial charge in [-0.2, -0.15) is 4.39 Å². The highest BCUT2D eigenvalue weighted by Gasteiger charge is 2.31. The third kappa shape index (κ3) is 5.01. The molecule has 10 heteroatoms. The van der Waals surface area contributed by atoms with E-state index in [1.165, 1.54) is 34.0 Å². The van der Waals surface area contributed by atoms with Crippen LogP contribution in [0.1, 0.15) is 21.6 Å². The molecular formula is C25H22F3N3O4. The fraction of sp³-hybridized carbons (Fsp3) is 0.200. The molecule has 0 saturated carbocycles. The zero-order valence-electron chi connectivity index (χ0n) is 18.5. The van der Waals surface area contributed by atoms with Crippen molar-refractivity contribution in [1.29, 1.82) is 0 Å². The number of amides is 1. The lowest BCUT2D eigenvalue weighted by atomic mass is 10.1. The largest absolute Gasteiger partial charge is 0.502 e. The fourth-order valence-electron chi connectivity index (χ4n) is 3.74. The molecular weight excluding hydrogens is 463 g/mol. The van der Waals surface area contributed by atoms with Crippen LogP contribution in [0.5, 0.6) is 11.5 Å². The number of alkyl halides is 1. The van der Waals surface area contributed by atoms with Gasteiger partial charge in [0.25, 0.3) is 5.91 Å². The number of ether oxygens (including phenoxy) is 1. The average Bonchev–Trinajstić information content (AvgIpc) is 2.86. The Balaban J connectivity index is 1.52. The number of nitrogens with zero attached hydrogens (tertiary/aromatic N) is 3. The zero-order valence-corrected chi connectivity index (χ0v) is 18.5. The van der Waals surface area contributed by atoms with E-state index in [4.69, 9.17) is 4.74 Å². The number of carbonyl (C=O) groups is 1. The van der Waals surface area contributed by atoms with Gasteiger partial charge in [-0.15, -0.1) is 0 Å². The summed E-state index contributed by atoms with van der Waals surface area (Å²) in [4.78, 5) is 26.4. The molecule has 3 aromatic rings. The van der Waals surface area contributed by atoms with Gasteiger partial charge in [-0.1, -0.05) is 36.4 Å². The van der Waals surface area contributed by atoms with Crippen LogP contribution >= 0.6 is 0 Å². The lowest BCUT2D eigenvalue weighted by Gasteiger charge is -2.39. The number of rotatable bonds is 8. The average molecular weight is 485 g/mol. The summed E-state index contributed by atoms with van der Waals surface area (Å²) in [5, 5.41) is 12.0. The maximum absolute atomic E-state index is 13.7. The predicted molar refractivity (Wildman–Crippen MR) is 122 cm³/mol. The Morgan fingerprint density at radius 3 is 2.54 bits per heavy atom. The Bertz CT molecular complexity index is 1330. The van der Waals surface area contributed by atoms with Crippen LogP contribution in [0.3, 0.4) is 0 Å². The van der Waals surface area contributed by atoms with Crippen molar-refractivity contribution in [2.75, 3.05) is 24.8 Å². The van der Waals surface area contributed by atoms with Crippen molar-refractivity contribution < 1.29 is 27.8 Å². The maximum Gasteiger partial charge on any atom is 0.278 e. The second-order valence-electron chi connectivity index (χ2n) is 7.79. The number of halogens is 3. The number of hydrogen-bond acceptors (Lipinski definition) is 5. The maximum atomic E-state index is 13.7. The number of pyridine rings is 1. The first-order chi connectivity index (χ1) is 16.9. The van der Waals surface area contributed by atoms with Crippen molar-refractivity contribution in [3.05, 3.63) is 106 Å². The van der Waals surface area contributed by atoms with E-state index in [0.717, 1.165) is 12.1 Å². The summed E-state index contributed by atoms with van der Waals surface area (Å²) < 4.78 is 47.0. The van der Waals surface area contributed by atoms with Gasteiger partial charge in [0, 0.05) is 18.8 Å². The summed E-state index contributed by atoms with van der Waals surface area (Å²) in [7, 11) is 0. The summed E-state index contributed by atoms with van der Waals surface area (Å²) in [6, 6.07) is 11.7. The van der Waals surface area contributed by atoms with E-state index >= 15 is 0 Å². The van der Waals surface area contributed by atoms with Crippen LogP contribution in [-0.4, -0.2) is 40.4 Å². The van der Waals surface area contributed by atoms with Gasteiger partial charge in [0.2, 0.25) is 11.2 Å². The second kappa shape index (κ2) is 10.4. The summed E-state index contributed by atoms with van der Waals surface area (Å²) in [6.45, 7) is -0.359. The van der Waals surface area contributed by atoms with Crippen molar-refractivity contribution in [1.82, 2.24) is 9.58 Å². The molecule has 0 unspecified atom stereocenters. The summed E-state index contributed by atoms with van der Waals surface area (Å²) >= 11 is 0. The van der Waals surface area contributed by atoms with Crippen LogP contribution in [0, 0.1) is 11.6 Å². The van der Waals surface area contributed by atoms with Crippen molar-refractivity contribution in [3.63, 3.8) is 0 Å². The Kier molecular flexibility index (Phi) is 7.09. The van der Waals surface area contributed by atoms with Gasteiger partial charge in [0.1, 0.15) is 20.0 Å². The van der Waals surface area contributed by atoms with Crippen LogP contribution in [0.4, 0.5) is 13.2 Å². The van der Waals surface area contributed by atoms with Gasteiger partial charge < -0.3 is 14.7 Å². The fourth-order valence-corrected chi connectivity index (χ4v) is 3.74. The number of hydrogen-bond donors (Lipinski definition) is 1. The van der Waals surface area contributed by atoms with Gasteiger partial charge in [-0.3, -0.25) is 19.3 Å². The number of aromatic hydroxyl groups is 1. The monoisotopic (exact) mass is 485 g/mol. The van der Waals surface area contributed by atoms with Gasteiger partial charge in [0.15, 0.2) is 23.0 Å². The smallest absolute Gasteiger partial charge is 0.278 e. The Hall–Kier alpha value is -4.21. The summed E-state index contributed by atoms with van der Waals surface area (Å²) in [5.74, 6) is -3.60. The van der Waals surface area contributed by atoms with Crippen LogP contribution in [0.2, 0.25) is 0 Å². The van der Waals surface area contributed by atoms with Crippen LogP contribution in [0.25, 0.3) is 0 Å². The molecule has 2 aromatic carbocycles. The number of fused-ring (bicyclic) bond motifs is 1. The van der Waals surface area contributed by atoms with Crippen molar-refractivity contribution in [2.45, 2.75) is 13.2 Å². The first kappa shape index (κ1) is 23.9. The SMILES string of the molecule is O=C1c2c(O)c(=O)ccn2N(Cc2ccccc2CF)CN1C/C=C\COc1cccc(F)c1F. The topological polar surface area (TPSA) is 75.0 Å². The van der Waals surface area contributed by atoms with Crippen LogP contribution < -0.4 is 15.2 Å². The minimum absolute atomic E-state index is 0.0721. The van der Waals surface area contributed by atoms with E-state index < -0.39 is 35.4 Å². The second-order valence-corrected chi connectivity index (χ2v) is 7.79. The number of aromatic nitrogens is 1. The summed E-state index contributed by atoms with van der Waals surface area (Å²) in [5.41, 5.74) is 0.281. The molecule has 7 nitrogen and oxygen atoms in total. The molecule has 1 amide bonds. The van der Waals surface area contributed by atoms with Crippen molar-refractivity contribution in [3.8, 4) is 11.5 Å². The van der Waals surface area contributed by atoms with Crippen molar-refractivity contribution in [2.24, 2.45) is 0 Å². The van der Waals surface area contributed by atoms with Gasteiger partial charge in [-0.05, 0) is 29.3 Å². The molecule has 35 heavy (non-hydrogen) atoms. The van der Waals surface area contributed by atoms with Crippen molar-refractivity contribution >= 4 is 5.91 Å². The lowest BCUT2D eigenvalue weighted by molar-refractivity contribution is 0.0706. The molecule has 2 heterocycles. The van der Waals surface area contributed by atoms with E-state index in [1.54, 1.807) is 35.4 Å². The molecule has 0 fully saturated rings. The molecule has 1 aliphatic heterocycles. The van der Waals surface area contributed by atoms with Gasteiger partial charge in [0.05, 0.1) is 6.54 Å². The Morgan fingerprint density at radius 2 is 1.77 bits per heavy atom. The van der Waals surface area contributed by atoms with E-state index in [1.807, 2.05) is 0 Å². The third-order valence-corrected chi connectivity index (χ3v) is 5.54. The molecule has 0 radical (unpaired) electrons. The molecule has 0 spiro atoms. The normalized spacial score (nSPS) is 13.4. The first-order valence-electron chi connectivity index (χ1n) is 10.7. The molecule has 0 saturated heterocycles. The highest BCUT2D eigenvalue weighted by molar-refractivity contribution is 5.96. The molecule has 182 valence electrons. The van der Waals surface area contributed by atoms with Crippen LogP contribution in [-0.2, 0) is 13.2 Å². The van der Waals surface area contributed by atoms with E-state index in [-0.39, 0.29) is 37.8 Å². The first-order valence-corrected chi connectivity index (χ1v) is 10.7. The Morgan fingerprint density at radius 1 is 1.00 bits per heavy atom. The predicted octanol–water partition coefficient (Wildman–Crippen LogP) is 3.49. The third-order valence-electron chi connectivity index (χ3n) is 5.54. The van der Waals surface area contributed by atoms with Gasteiger partial charge >= 0.3 is 0 Å². The zero-order chi connectivity index (χ0) is 24.9. The van der Waals surface area contributed by atoms with E-state index in [9.17, 15) is 27.9 Å². The van der Waals surface area contributed by atoms with Crippen LogP contribution in [0.15, 0.2) is 71.7 Å². The van der Waals surface area contributed by atoms with E-state index in [2.05, 4.69) is 0 Å². The standard InChI is InChI=1S/C25H22F3N3O4/c26-14-17-6-1-2-7-18(17)15-30-16-29(25(34)23-24(33)20(32)10-12-31(23)30)11-3-4-13-35-21-9-5-8-19(27)22(21)28/h1-10,12,33H,11,13-16H2/b4-3-. The minimum atomic E-state index is -1.09. The molecule has 0 atom stereocenters. The number of benzene rings is 2. The summed E-state index contributed by atoms with van der Waals surface area (Å²) in [6.07, 6.45) is 4.52. The quantitative estimate of drug-likeness (QED) is 0.495. The minimum Gasteiger partial charge on any atom is -0.502 e. The molecule has 1 aromatic heterocycles. The number of carbonyl (C=O) groups excluding carboxylic acids is 1. The molecule has 1 N–H and O–H groups in total. The lowest BCUT2D eigenvalue weighted by Crippen LogP contribution is -2.53. The Labute approximate surface area is 198 Å². The molecule has 0 aliphatic carbocycles. The highest BCUT2D eigenvalue weighted by Crippen LogP contribution is 2.23. The molecule has 1 aliphatic rings. The molecule has 4 rings (SSSR count). The van der Waals surface area contributed by atoms with E-state index in [0.29, 0.717) is 11.1 Å². The van der Waals surface area contributed by atoms with Gasteiger partial charge in [-0.25, -0.2) is 8.78 Å². The highest BCUT2D eigenvalue weighted by atomic mass is 19.2.